The van der Waals surface area contributed by atoms with Gasteiger partial charge in [0, 0.05) is 61.1 Å². The molecule has 2 aliphatic heterocycles. The lowest BCUT2D eigenvalue weighted by molar-refractivity contribution is -0.197. The van der Waals surface area contributed by atoms with Crippen molar-refractivity contribution < 1.29 is 33.2 Å². The highest BCUT2D eigenvalue weighted by atomic mass is 16.7. The minimum atomic E-state index is -0.640. The summed E-state index contributed by atoms with van der Waals surface area (Å²) in [7, 11) is 0. The second-order valence-electron chi connectivity index (χ2n) is 13.2. The second kappa shape index (κ2) is 19.4. The van der Waals surface area contributed by atoms with Crippen molar-refractivity contribution in [1.29, 1.82) is 0 Å². The lowest BCUT2D eigenvalue weighted by Crippen LogP contribution is -2.31. The number of amides is 2. The lowest BCUT2D eigenvalue weighted by atomic mass is 9.83. The molecule has 1 aromatic rings. The number of imide groups is 1. The van der Waals surface area contributed by atoms with Crippen LogP contribution in [0.5, 0.6) is 0 Å². The van der Waals surface area contributed by atoms with Crippen molar-refractivity contribution in [2.45, 2.75) is 79.6 Å². The lowest BCUT2D eigenvalue weighted by Gasteiger charge is -2.24. The van der Waals surface area contributed by atoms with E-state index in [2.05, 4.69) is 35.1 Å². The van der Waals surface area contributed by atoms with Gasteiger partial charge in [0.1, 0.15) is 18.0 Å². The van der Waals surface area contributed by atoms with E-state index in [0.717, 1.165) is 56.4 Å². The van der Waals surface area contributed by atoms with Gasteiger partial charge >= 0.3 is 11.9 Å². The predicted octanol–water partition coefficient (Wildman–Crippen LogP) is 6.01. The number of guanidine groups is 1. The first-order valence-corrected chi connectivity index (χ1v) is 18.4. The molecular weight excluding hydrogens is 688 g/mol. The number of benzene rings is 2. The van der Waals surface area contributed by atoms with E-state index in [1.54, 1.807) is 6.08 Å². The number of nitrogens with one attached hydrogen (secondary N) is 1. The quantitative estimate of drug-likeness (QED) is 0.0265. The molecule has 5 N–H and O–H groups in total. The smallest absolute Gasteiger partial charge is 0.333 e. The molecule has 1 aliphatic carbocycles. The SMILES string of the molecule is C=C/C=C(\C=C(\c1c2cc(C)c(=NCC)cc-2oc2cc(NCC)c(C)cc12)C(C)CC(=O)OCCN=C(N)N)CCCCC(=O)ON1C(=O)CCC1=O. The first-order chi connectivity index (χ1) is 25.9. The van der Waals surface area contributed by atoms with Crippen molar-refractivity contribution in [2.24, 2.45) is 27.4 Å². The van der Waals surface area contributed by atoms with Gasteiger partial charge in [0.05, 0.1) is 18.3 Å². The van der Waals surface area contributed by atoms with Gasteiger partial charge in [-0.25, -0.2) is 4.79 Å². The molecule has 1 fully saturated rings. The summed E-state index contributed by atoms with van der Waals surface area (Å²) in [6.07, 6.45) is 7.49. The molecule has 0 spiro atoms. The van der Waals surface area contributed by atoms with Gasteiger partial charge < -0.3 is 30.8 Å². The van der Waals surface area contributed by atoms with Crippen LogP contribution in [0, 0.1) is 19.8 Å². The number of ether oxygens (including phenoxy) is 1. The maximum Gasteiger partial charge on any atom is 0.333 e. The van der Waals surface area contributed by atoms with E-state index in [4.69, 9.17) is 30.5 Å². The van der Waals surface area contributed by atoms with Gasteiger partial charge in [0.15, 0.2) is 5.96 Å². The minimum absolute atomic E-state index is 0.0321. The van der Waals surface area contributed by atoms with Crippen LogP contribution < -0.4 is 22.1 Å². The number of fused-ring (bicyclic) bond motifs is 2. The molecule has 2 amide bonds. The zero-order valence-corrected chi connectivity index (χ0v) is 32.0. The number of allylic oxidation sites excluding steroid dienone is 5. The Morgan fingerprint density at radius 1 is 1.04 bits per heavy atom. The highest BCUT2D eigenvalue weighted by Crippen LogP contribution is 2.43. The summed E-state index contributed by atoms with van der Waals surface area (Å²) >= 11 is 0. The number of nitrogens with two attached hydrogens (primary N) is 2. The molecule has 1 aromatic carbocycles. The van der Waals surface area contributed by atoms with Crippen LogP contribution in [0.25, 0.3) is 27.9 Å². The number of carbonyl (C=O) groups excluding carboxylic acids is 4. The number of hydroxylamine groups is 2. The molecule has 1 atom stereocenters. The third-order valence-electron chi connectivity index (χ3n) is 8.99. The zero-order valence-electron chi connectivity index (χ0n) is 32.0. The van der Waals surface area contributed by atoms with Gasteiger partial charge in [-0.15, -0.1) is 5.06 Å². The molecule has 54 heavy (non-hydrogen) atoms. The molecule has 1 saturated heterocycles. The first kappa shape index (κ1) is 41.0. The largest absolute Gasteiger partial charge is 0.464 e. The Bertz CT molecular complexity index is 2010. The van der Waals surface area contributed by atoms with E-state index < -0.39 is 23.8 Å². The average Bonchev–Trinajstić information content (AvgIpc) is 3.43. The van der Waals surface area contributed by atoms with Gasteiger partial charge in [-0.1, -0.05) is 31.7 Å². The number of esters is 1. The Hall–Kier alpha value is -5.72. The van der Waals surface area contributed by atoms with Gasteiger partial charge in [-0.3, -0.25) is 24.4 Å². The third-order valence-corrected chi connectivity index (χ3v) is 8.99. The Morgan fingerprint density at radius 3 is 2.43 bits per heavy atom. The fourth-order valence-electron chi connectivity index (χ4n) is 6.39. The molecule has 2 heterocycles. The molecule has 13 heteroatoms. The molecule has 13 nitrogen and oxygen atoms in total. The van der Waals surface area contributed by atoms with Crippen molar-refractivity contribution in [3.05, 3.63) is 76.7 Å². The number of hydrogen-bond acceptors (Lipinski definition) is 10. The molecule has 0 aromatic heterocycles. The van der Waals surface area contributed by atoms with Crippen LogP contribution >= 0.6 is 0 Å². The minimum Gasteiger partial charge on any atom is -0.464 e. The fraction of sp³-hybridized carbons (Fsp3) is 0.415. The van der Waals surface area contributed by atoms with E-state index >= 15 is 0 Å². The number of unbranched alkanes of at least 4 members (excludes halogenated alkanes) is 1. The van der Waals surface area contributed by atoms with Gasteiger partial charge in [0.2, 0.25) is 0 Å². The molecule has 0 bridgehead atoms. The molecule has 1 unspecified atom stereocenters. The molecule has 0 saturated carbocycles. The van der Waals surface area contributed by atoms with Gasteiger partial charge in [-0.2, -0.15) is 0 Å². The number of anilines is 1. The summed E-state index contributed by atoms with van der Waals surface area (Å²) in [5, 5.41) is 5.72. The average molecular weight is 741 g/mol. The monoisotopic (exact) mass is 740 g/mol. The fourth-order valence-corrected chi connectivity index (χ4v) is 6.39. The van der Waals surface area contributed by atoms with Crippen LogP contribution in [0.1, 0.15) is 82.4 Å². The molecule has 3 aliphatic rings. The maximum absolute atomic E-state index is 13.2. The normalized spacial score (nSPS) is 14.5. The summed E-state index contributed by atoms with van der Waals surface area (Å²) in [6, 6.07) is 8.17. The highest BCUT2D eigenvalue weighted by molar-refractivity contribution is 6.02. The highest BCUT2D eigenvalue weighted by Gasteiger charge is 2.32. The molecule has 288 valence electrons. The van der Waals surface area contributed by atoms with Crippen LogP contribution in [-0.2, 0) is 28.8 Å². The van der Waals surface area contributed by atoms with E-state index in [-0.39, 0.29) is 50.7 Å². The van der Waals surface area contributed by atoms with Crippen molar-refractivity contribution in [3.8, 4) is 11.3 Å². The number of carbonyl (C=O) groups is 4. The summed E-state index contributed by atoms with van der Waals surface area (Å²) in [4.78, 5) is 63.1. The Kier molecular flexibility index (Phi) is 14.7. The number of hydrogen-bond donors (Lipinski definition) is 3. The zero-order chi connectivity index (χ0) is 39.4. The van der Waals surface area contributed by atoms with Crippen LogP contribution in [-0.4, -0.2) is 61.0 Å². The Labute approximate surface area is 316 Å². The van der Waals surface area contributed by atoms with Crippen molar-refractivity contribution >= 4 is 51.9 Å². The van der Waals surface area contributed by atoms with E-state index in [0.29, 0.717) is 42.2 Å². The van der Waals surface area contributed by atoms with Crippen molar-refractivity contribution in [1.82, 2.24) is 5.06 Å². The van der Waals surface area contributed by atoms with Gasteiger partial charge in [0.25, 0.3) is 11.8 Å². The maximum atomic E-state index is 13.2. The Morgan fingerprint density at radius 2 is 1.76 bits per heavy atom. The van der Waals surface area contributed by atoms with Crippen LogP contribution in [0.15, 0.2) is 69.0 Å². The van der Waals surface area contributed by atoms with Crippen LogP contribution in [0.2, 0.25) is 0 Å². The first-order valence-electron chi connectivity index (χ1n) is 18.4. The summed E-state index contributed by atoms with van der Waals surface area (Å²) in [5.74, 6) is -1.82. The van der Waals surface area contributed by atoms with Crippen molar-refractivity contribution in [3.63, 3.8) is 0 Å². The second-order valence-corrected chi connectivity index (χ2v) is 13.2. The summed E-state index contributed by atoms with van der Waals surface area (Å²) < 4.78 is 12.1. The Balaban J connectivity index is 1.79. The molecule has 4 rings (SSSR count). The van der Waals surface area contributed by atoms with Crippen molar-refractivity contribution in [2.75, 3.05) is 31.6 Å². The summed E-state index contributed by atoms with van der Waals surface area (Å²) in [5.41, 5.74) is 18.1. The number of aliphatic imine (C=N–C) groups is 1. The molecule has 0 radical (unpaired) electrons. The standard InChI is InChI=1S/C41H52N6O7/c1-7-12-28(13-10-11-14-38(50)54-47-36(48)15-16-37(47)49)22-29(25(4)21-39(51)52-18-17-46-41(42)43)40-30-19-26(5)32(44-8-2)23-34(30)53-35-24-33(45-9-3)27(6)20-31(35)40/h7,12,19-20,22-25,44H,1,8-11,13-18,21H2,2-6H3,(H4,42,43,46)/b28-12-,29-22+,45-33?. The van der Waals surface area contributed by atoms with E-state index in [1.807, 2.05) is 52.8 Å². The topological polar surface area (TPSA) is 192 Å². The van der Waals surface area contributed by atoms with E-state index in [1.165, 1.54) is 0 Å². The summed E-state index contributed by atoms with van der Waals surface area (Å²) in [6.45, 7) is 15.6. The van der Waals surface area contributed by atoms with Crippen LogP contribution in [0.3, 0.4) is 0 Å². The number of nitrogens with zero attached hydrogens (tertiary/aromatic N) is 3. The third kappa shape index (κ3) is 10.7. The van der Waals surface area contributed by atoms with Gasteiger partial charge in [-0.05, 0) is 92.8 Å². The predicted molar refractivity (Wildman–Crippen MR) is 210 cm³/mol. The number of aryl methyl sites for hydroxylation is 2. The number of rotatable bonds is 18. The van der Waals surface area contributed by atoms with Crippen LogP contribution in [0.4, 0.5) is 5.69 Å². The molecular formula is C41H52N6O7. The van der Waals surface area contributed by atoms with E-state index in [9.17, 15) is 19.2 Å².